The maximum absolute atomic E-state index is 12.3. The lowest BCUT2D eigenvalue weighted by Gasteiger charge is -2.10. The maximum atomic E-state index is 12.3. The Bertz CT molecular complexity index is 766. The molecule has 0 aliphatic rings. The summed E-state index contributed by atoms with van der Waals surface area (Å²) >= 11 is 0. The quantitative estimate of drug-likeness (QED) is 0.648. The molecular weight excluding hydrogens is 312 g/mol. The minimum absolute atomic E-state index is 0.0181. The highest BCUT2D eigenvalue weighted by atomic mass is 16.5. The number of phenolic OH excluding ortho intramolecular Hbond substituents is 1. The SMILES string of the molecule is COc1ccc(C(=O)COC(=O)c2cc(C)ccc2O)c(OC)c1. The van der Waals surface area contributed by atoms with E-state index in [-0.39, 0.29) is 16.9 Å². The molecule has 0 amide bonds. The molecule has 2 aromatic rings. The average molecular weight is 330 g/mol. The Labute approximate surface area is 139 Å². The number of carbonyl (C=O) groups is 2. The van der Waals surface area contributed by atoms with E-state index in [9.17, 15) is 14.7 Å². The molecule has 0 atom stereocenters. The van der Waals surface area contributed by atoms with Gasteiger partial charge in [0.05, 0.1) is 19.8 Å². The average Bonchev–Trinajstić information content (AvgIpc) is 2.60. The zero-order valence-corrected chi connectivity index (χ0v) is 13.7. The van der Waals surface area contributed by atoms with Crippen LogP contribution in [-0.4, -0.2) is 37.7 Å². The molecule has 0 bridgehead atoms. The first kappa shape index (κ1) is 17.3. The largest absolute Gasteiger partial charge is 0.507 e. The van der Waals surface area contributed by atoms with Gasteiger partial charge < -0.3 is 19.3 Å². The summed E-state index contributed by atoms with van der Waals surface area (Å²) in [5.74, 6) is -0.508. The summed E-state index contributed by atoms with van der Waals surface area (Å²) in [6.07, 6.45) is 0. The molecule has 0 spiro atoms. The molecule has 0 saturated heterocycles. The number of esters is 1. The minimum Gasteiger partial charge on any atom is -0.507 e. The Morgan fingerprint density at radius 3 is 2.42 bits per heavy atom. The second-order valence-corrected chi connectivity index (χ2v) is 5.09. The Morgan fingerprint density at radius 1 is 1.00 bits per heavy atom. The van der Waals surface area contributed by atoms with E-state index in [0.717, 1.165) is 5.56 Å². The van der Waals surface area contributed by atoms with Gasteiger partial charge in [0.15, 0.2) is 6.61 Å². The van der Waals surface area contributed by atoms with Gasteiger partial charge in [0.1, 0.15) is 22.8 Å². The van der Waals surface area contributed by atoms with Crippen LogP contribution >= 0.6 is 0 Å². The van der Waals surface area contributed by atoms with Crippen molar-refractivity contribution in [2.45, 2.75) is 6.92 Å². The predicted molar refractivity (Wildman–Crippen MR) is 87.0 cm³/mol. The van der Waals surface area contributed by atoms with E-state index in [4.69, 9.17) is 14.2 Å². The van der Waals surface area contributed by atoms with Crippen molar-refractivity contribution >= 4 is 11.8 Å². The van der Waals surface area contributed by atoms with Gasteiger partial charge >= 0.3 is 5.97 Å². The molecule has 0 fully saturated rings. The number of benzene rings is 2. The molecular formula is C18H18O6. The fourth-order valence-electron chi connectivity index (χ4n) is 2.13. The van der Waals surface area contributed by atoms with Gasteiger partial charge in [-0.15, -0.1) is 0 Å². The van der Waals surface area contributed by atoms with E-state index >= 15 is 0 Å². The van der Waals surface area contributed by atoms with Gasteiger partial charge in [0, 0.05) is 6.07 Å². The number of ether oxygens (including phenoxy) is 3. The van der Waals surface area contributed by atoms with E-state index < -0.39 is 18.4 Å². The third kappa shape index (κ3) is 3.84. The Hall–Kier alpha value is -3.02. The van der Waals surface area contributed by atoms with Gasteiger partial charge in [-0.25, -0.2) is 4.79 Å². The van der Waals surface area contributed by atoms with Crippen molar-refractivity contribution in [3.05, 3.63) is 53.1 Å². The zero-order valence-electron chi connectivity index (χ0n) is 13.7. The molecule has 0 aliphatic heterocycles. The number of Topliss-reactive ketones (excluding diaryl/α,β-unsaturated/α-hetero) is 1. The molecule has 0 saturated carbocycles. The molecule has 126 valence electrons. The van der Waals surface area contributed by atoms with Crippen molar-refractivity contribution in [3.63, 3.8) is 0 Å². The summed E-state index contributed by atoms with van der Waals surface area (Å²) < 4.78 is 15.2. The monoisotopic (exact) mass is 330 g/mol. The van der Waals surface area contributed by atoms with Crippen LogP contribution in [0.15, 0.2) is 36.4 Å². The van der Waals surface area contributed by atoms with Crippen molar-refractivity contribution in [1.29, 1.82) is 0 Å². The number of hydrogen-bond donors (Lipinski definition) is 1. The van der Waals surface area contributed by atoms with Crippen LogP contribution in [0.5, 0.6) is 17.2 Å². The number of hydrogen-bond acceptors (Lipinski definition) is 6. The maximum Gasteiger partial charge on any atom is 0.342 e. The van der Waals surface area contributed by atoms with Gasteiger partial charge in [-0.1, -0.05) is 11.6 Å². The summed E-state index contributed by atoms with van der Waals surface area (Å²) in [7, 11) is 2.94. The highest BCUT2D eigenvalue weighted by Crippen LogP contribution is 2.25. The van der Waals surface area contributed by atoms with Crippen molar-refractivity contribution in [2.24, 2.45) is 0 Å². The summed E-state index contributed by atoms with van der Waals surface area (Å²) in [6, 6.07) is 9.29. The lowest BCUT2D eigenvalue weighted by atomic mass is 10.1. The van der Waals surface area contributed by atoms with E-state index in [1.54, 1.807) is 25.1 Å². The summed E-state index contributed by atoms with van der Waals surface area (Å²) in [4.78, 5) is 24.3. The molecule has 0 aliphatic carbocycles. The van der Waals surface area contributed by atoms with Crippen molar-refractivity contribution in [3.8, 4) is 17.2 Å². The number of phenols is 1. The second-order valence-electron chi connectivity index (χ2n) is 5.09. The number of methoxy groups -OCH3 is 2. The van der Waals surface area contributed by atoms with Crippen LogP contribution in [0.1, 0.15) is 26.3 Å². The standard InChI is InChI=1S/C18H18O6/c1-11-4-7-15(19)14(8-11)18(21)24-10-16(20)13-6-5-12(22-2)9-17(13)23-3/h4-9,19H,10H2,1-3H3. The highest BCUT2D eigenvalue weighted by molar-refractivity contribution is 6.02. The fraction of sp³-hybridized carbons (Fsp3) is 0.222. The van der Waals surface area contributed by atoms with Crippen LogP contribution in [0.2, 0.25) is 0 Å². The summed E-state index contributed by atoms with van der Waals surface area (Å²) in [5.41, 5.74) is 1.09. The van der Waals surface area contributed by atoms with Gasteiger partial charge in [-0.2, -0.15) is 0 Å². The molecule has 0 unspecified atom stereocenters. The van der Waals surface area contributed by atoms with Gasteiger partial charge in [-0.05, 0) is 31.2 Å². The van der Waals surface area contributed by atoms with E-state index in [1.165, 1.54) is 32.4 Å². The van der Waals surface area contributed by atoms with Crippen molar-refractivity contribution in [2.75, 3.05) is 20.8 Å². The van der Waals surface area contributed by atoms with Crippen LogP contribution < -0.4 is 9.47 Å². The predicted octanol–water partition coefficient (Wildman–Crippen LogP) is 2.76. The molecule has 2 rings (SSSR count). The molecule has 6 nitrogen and oxygen atoms in total. The smallest absolute Gasteiger partial charge is 0.342 e. The number of aromatic hydroxyl groups is 1. The van der Waals surface area contributed by atoms with E-state index in [2.05, 4.69) is 0 Å². The second kappa shape index (κ2) is 7.50. The lowest BCUT2D eigenvalue weighted by molar-refractivity contribution is 0.0471. The van der Waals surface area contributed by atoms with E-state index in [0.29, 0.717) is 11.5 Å². The molecule has 1 N–H and O–H groups in total. The van der Waals surface area contributed by atoms with Crippen LogP contribution in [0.25, 0.3) is 0 Å². The van der Waals surface area contributed by atoms with Crippen LogP contribution in [0.3, 0.4) is 0 Å². The fourth-order valence-corrected chi connectivity index (χ4v) is 2.13. The normalized spacial score (nSPS) is 10.1. The zero-order chi connectivity index (χ0) is 17.7. The number of carbonyl (C=O) groups excluding carboxylic acids is 2. The topological polar surface area (TPSA) is 82.1 Å². The number of ketones is 1. The Kier molecular flexibility index (Phi) is 5.42. The van der Waals surface area contributed by atoms with Gasteiger partial charge in [0.2, 0.25) is 5.78 Å². The van der Waals surface area contributed by atoms with Crippen LogP contribution in [-0.2, 0) is 4.74 Å². The Balaban J connectivity index is 2.10. The number of rotatable bonds is 6. The van der Waals surface area contributed by atoms with Crippen molar-refractivity contribution < 1.29 is 28.9 Å². The third-order valence-corrected chi connectivity index (χ3v) is 3.42. The highest BCUT2D eigenvalue weighted by Gasteiger charge is 2.18. The number of aryl methyl sites for hydroxylation is 1. The van der Waals surface area contributed by atoms with E-state index in [1.807, 2.05) is 0 Å². The molecule has 0 radical (unpaired) electrons. The van der Waals surface area contributed by atoms with Gasteiger partial charge in [0.25, 0.3) is 0 Å². The lowest BCUT2D eigenvalue weighted by Crippen LogP contribution is -2.15. The molecule has 2 aromatic carbocycles. The van der Waals surface area contributed by atoms with Crippen LogP contribution in [0, 0.1) is 6.92 Å². The van der Waals surface area contributed by atoms with Crippen molar-refractivity contribution in [1.82, 2.24) is 0 Å². The van der Waals surface area contributed by atoms with Crippen LogP contribution in [0.4, 0.5) is 0 Å². The third-order valence-electron chi connectivity index (χ3n) is 3.42. The first-order valence-corrected chi connectivity index (χ1v) is 7.18. The summed E-state index contributed by atoms with van der Waals surface area (Å²) in [5, 5.41) is 9.71. The minimum atomic E-state index is -0.767. The molecule has 0 heterocycles. The summed E-state index contributed by atoms with van der Waals surface area (Å²) in [6.45, 7) is 1.32. The molecule has 6 heteroatoms. The Morgan fingerprint density at radius 2 is 1.75 bits per heavy atom. The first-order chi connectivity index (χ1) is 11.5. The first-order valence-electron chi connectivity index (χ1n) is 7.18. The molecule has 24 heavy (non-hydrogen) atoms. The molecule has 0 aromatic heterocycles. The van der Waals surface area contributed by atoms with Gasteiger partial charge in [-0.3, -0.25) is 4.79 Å².